The normalized spacial score (nSPS) is 16.9. The summed E-state index contributed by atoms with van der Waals surface area (Å²) >= 11 is 0. The number of anilines is 1. The fourth-order valence-electron chi connectivity index (χ4n) is 2.91. The van der Waals surface area contributed by atoms with E-state index in [4.69, 9.17) is 0 Å². The van der Waals surface area contributed by atoms with Crippen LogP contribution in [0.4, 0.5) is 5.82 Å². The minimum atomic E-state index is -0.307. The van der Waals surface area contributed by atoms with Gasteiger partial charge in [0, 0.05) is 11.3 Å². The summed E-state index contributed by atoms with van der Waals surface area (Å²) in [5.41, 5.74) is 3.01. The van der Waals surface area contributed by atoms with Crippen molar-refractivity contribution in [2.24, 2.45) is 0 Å². The van der Waals surface area contributed by atoms with E-state index in [1.807, 2.05) is 37.3 Å². The van der Waals surface area contributed by atoms with E-state index in [0.717, 1.165) is 17.5 Å². The van der Waals surface area contributed by atoms with E-state index in [-0.39, 0.29) is 11.8 Å². The second-order valence-electron chi connectivity index (χ2n) is 5.25. The van der Waals surface area contributed by atoms with Crippen molar-refractivity contribution in [3.63, 3.8) is 0 Å². The maximum Gasteiger partial charge on any atom is 0.160 e. The molecule has 0 bridgehead atoms. The SMILES string of the molecule is CCC1=C(C(C)=O)C(c2ccccc2)n2ncc(C=O)c2N1. The third-order valence-corrected chi connectivity index (χ3v) is 3.91. The molecule has 2 aromatic rings. The Hall–Kier alpha value is -2.69. The highest BCUT2D eigenvalue weighted by molar-refractivity contribution is 5.97. The van der Waals surface area contributed by atoms with Gasteiger partial charge in [-0.05, 0) is 18.9 Å². The Labute approximate surface area is 128 Å². The van der Waals surface area contributed by atoms with Crippen molar-refractivity contribution in [1.82, 2.24) is 9.78 Å². The highest BCUT2D eigenvalue weighted by Gasteiger charge is 2.32. The second-order valence-corrected chi connectivity index (χ2v) is 5.25. The van der Waals surface area contributed by atoms with Crippen LogP contribution in [-0.4, -0.2) is 21.8 Å². The fourth-order valence-corrected chi connectivity index (χ4v) is 2.91. The summed E-state index contributed by atoms with van der Waals surface area (Å²) in [5.74, 6) is 0.651. The van der Waals surface area contributed by atoms with E-state index >= 15 is 0 Å². The summed E-state index contributed by atoms with van der Waals surface area (Å²) in [6, 6.07) is 9.44. The average molecular weight is 295 g/mol. The van der Waals surface area contributed by atoms with Gasteiger partial charge in [0.1, 0.15) is 11.9 Å². The van der Waals surface area contributed by atoms with E-state index in [1.165, 1.54) is 6.20 Å². The van der Waals surface area contributed by atoms with Gasteiger partial charge >= 0.3 is 0 Å². The van der Waals surface area contributed by atoms with Crippen molar-refractivity contribution >= 4 is 17.9 Å². The topological polar surface area (TPSA) is 64.0 Å². The van der Waals surface area contributed by atoms with Crippen LogP contribution in [0.2, 0.25) is 0 Å². The molecular weight excluding hydrogens is 278 g/mol. The number of ketones is 1. The van der Waals surface area contributed by atoms with Crippen LogP contribution in [0, 0.1) is 0 Å². The van der Waals surface area contributed by atoms with Gasteiger partial charge in [-0.3, -0.25) is 9.59 Å². The Kier molecular flexibility index (Phi) is 3.63. The minimum absolute atomic E-state index is 0.00649. The number of hydrogen-bond acceptors (Lipinski definition) is 4. The van der Waals surface area contributed by atoms with E-state index in [9.17, 15) is 9.59 Å². The quantitative estimate of drug-likeness (QED) is 0.881. The number of Topliss-reactive ketones (excluding diaryl/α,β-unsaturated/α-hetero) is 1. The molecule has 5 heteroatoms. The number of nitrogens with zero attached hydrogens (tertiary/aromatic N) is 2. The first-order valence-electron chi connectivity index (χ1n) is 7.26. The summed E-state index contributed by atoms with van der Waals surface area (Å²) in [6.07, 6.45) is 2.99. The van der Waals surface area contributed by atoms with Gasteiger partial charge in [-0.25, -0.2) is 4.68 Å². The van der Waals surface area contributed by atoms with Crippen LogP contribution in [-0.2, 0) is 4.79 Å². The predicted octanol–water partition coefficient (Wildman–Crippen LogP) is 2.96. The standard InChI is InChI=1S/C17H17N3O2/c1-3-14-15(11(2)22)16(12-7-5-4-6-8-12)20-17(19-14)13(10-21)9-18-20/h4-10,16,19H,3H2,1-2H3. The molecule has 1 aromatic carbocycles. The molecule has 1 unspecified atom stereocenters. The molecule has 1 aliphatic rings. The number of rotatable bonds is 4. The number of aromatic nitrogens is 2. The van der Waals surface area contributed by atoms with Crippen LogP contribution >= 0.6 is 0 Å². The van der Waals surface area contributed by atoms with Crippen LogP contribution in [0.3, 0.4) is 0 Å². The lowest BCUT2D eigenvalue weighted by Crippen LogP contribution is -2.28. The van der Waals surface area contributed by atoms with Gasteiger partial charge in [0.15, 0.2) is 12.1 Å². The first-order chi connectivity index (χ1) is 10.7. The second kappa shape index (κ2) is 5.60. The summed E-state index contributed by atoms with van der Waals surface area (Å²) in [5, 5.41) is 7.53. The molecule has 22 heavy (non-hydrogen) atoms. The van der Waals surface area contributed by atoms with Gasteiger partial charge in [-0.2, -0.15) is 5.10 Å². The predicted molar refractivity (Wildman–Crippen MR) is 83.8 cm³/mol. The number of allylic oxidation sites excluding steroid dienone is 2. The molecular formula is C17H17N3O2. The average Bonchev–Trinajstić information content (AvgIpc) is 2.96. The molecule has 0 saturated carbocycles. The van der Waals surface area contributed by atoms with E-state index in [0.29, 0.717) is 23.4 Å². The maximum absolute atomic E-state index is 12.2. The van der Waals surface area contributed by atoms with Gasteiger partial charge in [-0.15, -0.1) is 0 Å². The van der Waals surface area contributed by atoms with Crippen LogP contribution in [0.25, 0.3) is 0 Å². The van der Waals surface area contributed by atoms with E-state index in [1.54, 1.807) is 11.6 Å². The Balaban J connectivity index is 2.26. The maximum atomic E-state index is 12.2. The summed E-state index contributed by atoms with van der Waals surface area (Å²) < 4.78 is 1.72. The fraction of sp³-hybridized carbons (Fsp3) is 0.235. The van der Waals surface area contributed by atoms with Crippen molar-refractivity contribution in [2.45, 2.75) is 26.3 Å². The van der Waals surface area contributed by atoms with Crippen molar-refractivity contribution in [1.29, 1.82) is 0 Å². The molecule has 0 amide bonds. The third-order valence-electron chi connectivity index (χ3n) is 3.91. The number of nitrogens with one attached hydrogen (secondary N) is 1. The van der Waals surface area contributed by atoms with E-state index < -0.39 is 0 Å². The van der Waals surface area contributed by atoms with Crippen LogP contribution < -0.4 is 5.32 Å². The Morgan fingerprint density at radius 2 is 2.09 bits per heavy atom. The summed E-state index contributed by atoms with van der Waals surface area (Å²) in [4.78, 5) is 23.4. The van der Waals surface area contributed by atoms with Crippen molar-refractivity contribution < 1.29 is 9.59 Å². The molecule has 3 rings (SSSR count). The number of aldehydes is 1. The summed E-state index contributed by atoms with van der Waals surface area (Å²) in [7, 11) is 0. The molecule has 1 aliphatic heterocycles. The zero-order valence-electron chi connectivity index (χ0n) is 12.5. The number of hydrogen-bond donors (Lipinski definition) is 1. The molecule has 5 nitrogen and oxygen atoms in total. The van der Waals surface area contributed by atoms with Crippen LogP contribution in [0.5, 0.6) is 0 Å². The highest BCUT2D eigenvalue weighted by Crippen LogP contribution is 2.37. The van der Waals surface area contributed by atoms with Crippen molar-refractivity contribution in [3.05, 3.63) is 58.9 Å². The largest absolute Gasteiger partial charge is 0.343 e. The minimum Gasteiger partial charge on any atom is -0.343 e. The number of fused-ring (bicyclic) bond motifs is 1. The van der Waals surface area contributed by atoms with Crippen molar-refractivity contribution in [2.75, 3.05) is 5.32 Å². The lowest BCUT2D eigenvalue weighted by atomic mass is 9.92. The zero-order valence-corrected chi connectivity index (χ0v) is 12.5. The molecule has 1 atom stereocenters. The van der Waals surface area contributed by atoms with Gasteiger partial charge in [0.05, 0.1) is 11.8 Å². The highest BCUT2D eigenvalue weighted by atomic mass is 16.1. The van der Waals surface area contributed by atoms with Crippen LogP contribution in [0.1, 0.15) is 42.2 Å². The number of carbonyl (C=O) groups excluding carboxylic acids is 2. The first kappa shape index (κ1) is 14.3. The molecule has 0 saturated heterocycles. The smallest absolute Gasteiger partial charge is 0.160 e. The third kappa shape index (κ3) is 2.15. The first-order valence-corrected chi connectivity index (χ1v) is 7.26. The lowest BCUT2D eigenvalue weighted by Gasteiger charge is -2.30. The molecule has 2 heterocycles. The number of carbonyl (C=O) groups is 2. The van der Waals surface area contributed by atoms with E-state index in [2.05, 4.69) is 10.4 Å². The zero-order chi connectivity index (χ0) is 15.7. The molecule has 0 radical (unpaired) electrons. The molecule has 112 valence electrons. The van der Waals surface area contributed by atoms with Gasteiger partial charge < -0.3 is 5.32 Å². The Morgan fingerprint density at radius 3 is 2.68 bits per heavy atom. The molecule has 0 aliphatic carbocycles. The van der Waals surface area contributed by atoms with Gasteiger partial charge in [0.2, 0.25) is 0 Å². The molecule has 0 fully saturated rings. The molecule has 0 spiro atoms. The summed E-state index contributed by atoms with van der Waals surface area (Å²) in [6.45, 7) is 3.55. The van der Waals surface area contributed by atoms with Crippen molar-refractivity contribution in [3.8, 4) is 0 Å². The Morgan fingerprint density at radius 1 is 1.36 bits per heavy atom. The van der Waals surface area contributed by atoms with Crippen LogP contribution in [0.15, 0.2) is 47.8 Å². The molecule has 1 N–H and O–H groups in total. The van der Waals surface area contributed by atoms with Gasteiger partial charge in [0.25, 0.3) is 0 Å². The molecule has 1 aromatic heterocycles. The van der Waals surface area contributed by atoms with Gasteiger partial charge in [-0.1, -0.05) is 37.3 Å². The number of benzene rings is 1. The monoisotopic (exact) mass is 295 g/mol. The lowest BCUT2D eigenvalue weighted by molar-refractivity contribution is -0.114. The Bertz CT molecular complexity index is 759.